The molecule has 0 spiro atoms. The summed E-state index contributed by atoms with van der Waals surface area (Å²) >= 11 is 0. The van der Waals surface area contributed by atoms with Crippen molar-refractivity contribution < 1.29 is 18.0 Å². The maximum absolute atomic E-state index is 11.0. The van der Waals surface area contributed by atoms with Crippen LogP contribution in [0.2, 0.25) is 0 Å². The summed E-state index contributed by atoms with van der Waals surface area (Å²) in [5.74, 6) is 7.10. The lowest BCUT2D eigenvalue weighted by Gasteiger charge is -2.02. The van der Waals surface area contributed by atoms with Crippen LogP contribution < -0.4 is 5.90 Å². The Kier molecular flexibility index (Phi) is 2.04. The van der Waals surface area contributed by atoms with Gasteiger partial charge < -0.3 is 0 Å². The molecule has 0 aliphatic heterocycles. The first-order valence-electron chi connectivity index (χ1n) is 1.39. The Morgan fingerprint density at radius 2 is 2.00 bits per heavy atom. The zero-order valence-corrected chi connectivity index (χ0v) is 3.20. The number of nitrogens with zero attached hydrogens (tertiary/aromatic N) is 1. The maximum atomic E-state index is 11.0. The molecule has 0 rings (SSSR count). The Bertz CT molecular complexity index is 50.9. The fourth-order valence-corrected chi connectivity index (χ4v) is 0.0244. The van der Waals surface area contributed by atoms with Crippen LogP contribution in [0.5, 0.6) is 0 Å². The predicted molar refractivity (Wildman–Crippen MR) is 14.1 cm³/mol. The lowest BCUT2D eigenvalue weighted by molar-refractivity contribution is -0.255. The van der Waals surface area contributed by atoms with Crippen molar-refractivity contribution in [3.63, 3.8) is 0 Å². The summed E-state index contributed by atoms with van der Waals surface area (Å²) in [6, 6.07) is 0. The smallest absolute Gasteiger partial charge is 0.241 e. The van der Waals surface area contributed by atoms with Gasteiger partial charge in [-0.2, -0.15) is 13.6 Å². The third-order valence-corrected chi connectivity index (χ3v) is 0.289. The molecule has 0 N–H and O–H groups in total. The van der Waals surface area contributed by atoms with Gasteiger partial charge >= 0.3 is 6.11 Å². The molecule has 0 heterocycles. The average Bonchev–Trinajstić information content (AvgIpc) is 1.68. The van der Waals surface area contributed by atoms with E-state index in [1.54, 1.807) is 0 Å². The quantitative estimate of drug-likeness (QED) is 0.481. The van der Waals surface area contributed by atoms with E-state index >= 15 is 0 Å². The first kappa shape index (κ1) is 6.71. The van der Waals surface area contributed by atoms with E-state index in [9.17, 15) is 13.2 Å². The van der Waals surface area contributed by atoms with Gasteiger partial charge in [0.15, 0.2) is 6.67 Å². The zero-order chi connectivity index (χ0) is 5.91. The highest BCUT2D eigenvalue weighted by molar-refractivity contribution is 4.42. The van der Waals surface area contributed by atoms with Crippen molar-refractivity contribution in [2.75, 3.05) is 6.67 Å². The van der Waals surface area contributed by atoms with Gasteiger partial charge in [0.1, 0.15) is 0 Å². The van der Waals surface area contributed by atoms with Crippen LogP contribution in [0.25, 0.3) is 0 Å². The van der Waals surface area contributed by atoms with Gasteiger partial charge in [-0.15, -0.1) is 0 Å². The largest absolute Gasteiger partial charge is 0.401 e. The molecule has 0 unspecified atom stereocenters. The molecule has 7 heavy (non-hydrogen) atoms. The second kappa shape index (κ2) is 2.13. The van der Waals surface area contributed by atoms with Crippen LogP contribution in [0.3, 0.4) is 0 Å². The fraction of sp³-hybridized carbons (Fsp3) is 1.00. The van der Waals surface area contributed by atoms with E-state index in [-0.39, 0.29) is 0 Å². The van der Waals surface area contributed by atoms with E-state index in [1.807, 2.05) is 0 Å². The molecule has 2 radical (unpaired) electrons. The van der Waals surface area contributed by atoms with Crippen molar-refractivity contribution in [3.8, 4) is 0 Å². The first-order valence-corrected chi connectivity index (χ1v) is 1.39. The van der Waals surface area contributed by atoms with Crippen molar-refractivity contribution in [1.82, 2.24) is 5.90 Å². The van der Waals surface area contributed by atoms with Crippen LogP contribution >= 0.6 is 0 Å². The van der Waals surface area contributed by atoms with E-state index in [4.69, 9.17) is 5.90 Å². The van der Waals surface area contributed by atoms with Crippen molar-refractivity contribution in [3.05, 3.63) is 0 Å². The van der Waals surface area contributed by atoms with Gasteiger partial charge in [-0.25, -0.2) is 4.39 Å². The Balaban J connectivity index is 3.36. The molecule has 5 heteroatoms. The standard InChI is InChI=1S/C2H2F3NO/c3-1-2(4,5)7-6/h1H2. The van der Waals surface area contributed by atoms with Gasteiger partial charge in [-0.3, -0.25) is 0 Å². The van der Waals surface area contributed by atoms with E-state index in [1.165, 1.54) is 0 Å². The number of hydrogen-bond acceptors (Lipinski definition) is 1. The monoisotopic (exact) mass is 113 g/mol. The third kappa shape index (κ3) is 2.41. The number of rotatable bonds is 2. The molecule has 2 nitrogen and oxygen atoms in total. The molecular weight excluding hydrogens is 111 g/mol. The Hall–Kier alpha value is -0.290. The molecule has 0 aliphatic rings. The molecule has 0 saturated heterocycles. The molecule has 0 fully saturated rings. The summed E-state index contributed by atoms with van der Waals surface area (Å²) in [6.07, 6.45) is -4.03. The number of hydrogen-bond donors (Lipinski definition) is 0. The summed E-state index contributed by atoms with van der Waals surface area (Å²) in [6.45, 7) is -2.01. The van der Waals surface area contributed by atoms with Gasteiger partial charge in [0.25, 0.3) is 0 Å². The number of halogens is 3. The summed E-state index contributed by atoms with van der Waals surface area (Å²) in [7, 11) is 0. The van der Waals surface area contributed by atoms with E-state index < -0.39 is 12.8 Å². The summed E-state index contributed by atoms with van der Waals surface area (Å²) < 4.78 is 32.8. The normalized spacial score (nSPS) is 12.0. The summed E-state index contributed by atoms with van der Waals surface area (Å²) in [5.41, 5.74) is 0. The van der Waals surface area contributed by atoms with Crippen molar-refractivity contribution in [2.45, 2.75) is 6.11 Å². The van der Waals surface area contributed by atoms with Crippen molar-refractivity contribution in [2.24, 2.45) is 0 Å². The minimum absolute atomic E-state index is 2.01. The lowest BCUT2D eigenvalue weighted by atomic mass is 10.7. The highest BCUT2D eigenvalue weighted by Gasteiger charge is 2.29. The SMILES string of the molecule is [N]OC(F)(F)CF. The second-order valence-corrected chi connectivity index (χ2v) is 0.862. The van der Waals surface area contributed by atoms with Crippen LogP contribution in [0.15, 0.2) is 0 Å². The molecule has 0 aromatic heterocycles. The highest BCUT2D eigenvalue weighted by atomic mass is 19.3. The average molecular weight is 113 g/mol. The number of alkyl halides is 3. The lowest BCUT2D eigenvalue weighted by Crippen LogP contribution is -2.21. The van der Waals surface area contributed by atoms with E-state index in [2.05, 4.69) is 4.84 Å². The Labute approximate surface area is 38.0 Å². The van der Waals surface area contributed by atoms with E-state index in [0.717, 1.165) is 0 Å². The van der Waals surface area contributed by atoms with Gasteiger partial charge in [0.05, 0.1) is 0 Å². The fourth-order valence-electron chi connectivity index (χ4n) is 0.0244. The molecule has 42 valence electrons. The predicted octanol–water partition coefficient (Wildman–Crippen LogP) is 0.549. The summed E-state index contributed by atoms with van der Waals surface area (Å²) in [5, 5.41) is 0. The minimum Gasteiger partial charge on any atom is -0.241 e. The molecule has 0 bridgehead atoms. The Morgan fingerprint density at radius 1 is 1.57 bits per heavy atom. The van der Waals surface area contributed by atoms with Crippen LogP contribution in [-0.2, 0) is 4.84 Å². The van der Waals surface area contributed by atoms with Crippen LogP contribution in [0.4, 0.5) is 13.2 Å². The first-order chi connectivity index (χ1) is 3.12. The minimum atomic E-state index is -4.03. The van der Waals surface area contributed by atoms with Gasteiger partial charge in [0.2, 0.25) is 0 Å². The van der Waals surface area contributed by atoms with Crippen LogP contribution in [-0.4, -0.2) is 12.8 Å². The van der Waals surface area contributed by atoms with Gasteiger partial charge in [-0.1, -0.05) is 0 Å². The van der Waals surface area contributed by atoms with Crippen LogP contribution in [0, 0.1) is 0 Å². The summed E-state index contributed by atoms with van der Waals surface area (Å²) in [4.78, 5) is 2.38. The molecule has 0 aromatic carbocycles. The third-order valence-electron chi connectivity index (χ3n) is 0.289. The van der Waals surface area contributed by atoms with E-state index in [0.29, 0.717) is 0 Å². The highest BCUT2D eigenvalue weighted by Crippen LogP contribution is 2.12. The second-order valence-electron chi connectivity index (χ2n) is 0.862. The molecule has 0 aromatic rings. The molecular formula is C2H2F3NO. The van der Waals surface area contributed by atoms with Crippen molar-refractivity contribution >= 4 is 0 Å². The Morgan fingerprint density at radius 3 is 2.00 bits per heavy atom. The molecule has 0 amide bonds. The molecule has 0 atom stereocenters. The van der Waals surface area contributed by atoms with Gasteiger partial charge in [-0.05, 0) is 0 Å². The molecule has 0 aliphatic carbocycles. The van der Waals surface area contributed by atoms with Crippen molar-refractivity contribution in [1.29, 1.82) is 0 Å². The maximum Gasteiger partial charge on any atom is 0.401 e. The zero-order valence-electron chi connectivity index (χ0n) is 3.20. The van der Waals surface area contributed by atoms with Gasteiger partial charge in [0, 0.05) is 5.90 Å². The topological polar surface area (TPSA) is 31.5 Å². The molecule has 0 saturated carbocycles. The van der Waals surface area contributed by atoms with Crippen LogP contribution in [0.1, 0.15) is 0 Å².